The van der Waals surface area contributed by atoms with E-state index in [1.807, 2.05) is 55.1 Å². The normalized spacial score (nSPS) is 14.6. The van der Waals surface area contributed by atoms with Gasteiger partial charge in [0.2, 0.25) is 5.91 Å². The number of anilines is 1. The van der Waals surface area contributed by atoms with E-state index in [2.05, 4.69) is 39.0 Å². The summed E-state index contributed by atoms with van der Waals surface area (Å²) in [5.41, 5.74) is 2.14. The van der Waals surface area contributed by atoms with Crippen LogP contribution in [0.2, 0.25) is 0 Å². The topological polar surface area (TPSA) is 51.0 Å². The molecule has 4 rings (SSSR count). The highest BCUT2D eigenvalue weighted by atomic mass is 32.2. The first-order valence-corrected chi connectivity index (χ1v) is 11.1. The molecule has 1 unspecified atom stereocenters. The minimum absolute atomic E-state index is 0.0888. The van der Waals surface area contributed by atoms with Gasteiger partial charge in [-0.3, -0.25) is 4.79 Å². The van der Waals surface area contributed by atoms with Crippen LogP contribution in [0.15, 0.2) is 65.8 Å². The molecule has 0 aliphatic heterocycles. The van der Waals surface area contributed by atoms with Crippen molar-refractivity contribution in [2.45, 2.75) is 49.6 Å². The second-order valence-corrected chi connectivity index (χ2v) is 8.67. The van der Waals surface area contributed by atoms with Crippen LogP contribution < -0.4 is 4.90 Å². The van der Waals surface area contributed by atoms with Crippen LogP contribution in [0.4, 0.5) is 5.69 Å². The van der Waals surface area contributed by atoms with Crippen LogP contribution in [-0.4, -0.2) is 32.5 Å². The number of nitrogens with zero attached hydrogens (tertiary/aromatic N) is 4. The average molecular weight is 407 g/mol. The summed E-state index contributed by atoms with van der Waals surface area (Å²) in [6.07, 6.45) is 2.34. The molecule has 1 amide bonds. The standard InChI is InChI=1S/C23H26N4OS/c1-3-26(20-12-8-5-9-13-20)22(28)17(2)29-23-25-24-21(19-14-15-19)27(23)16-18-10-6-4-7-11-18/h4-13,17,19H,3,14-16H2,1-2H3. The van der Waals surface area contributed by atoms with E-state index in [1.54, 1.807) is 0 Å². The van der Waals surface area contributed by atoms with E-state index in [1.165, 1.54) is 30.2 Å². The first-order chi connectivity index (χ1) is 14.2. The van der Waals surface area contributed by atoms with E-state index in [9.17, 15) is 4.79 Å². The highest BCUT2D eigenvalue weighted by molar-refractivity contribution is 8.00. The minimum Gasteiger partial charge on any atom is -0.312 e. The molecule has 1 fully saturated rings. The fourth-order valence-corrected chi connectivity index (χ4v) is 4.36. The van der Waals surface area contributed by atoms with Crippen molar-refractivity contribution in [2.75, 3.05) is 11.4 Å². The van der Waals surface area contributed by atoms with Crippen molar-refractivity contribution in [3.8, 4) is 0 Å². The zero-order valence-electron chi connectivity index (χ0n) is 16.9. The molecule has 3 aromatic rings. The van der Waals surface area contributed by atoms with Gasteiger partial charge in [0.15, 0.2) is 5.16 Å². The van der Waals surface area contributed by atoms with Crippen LogP contribution in [0.25, 0.3) is 0 Å². The van der Waals surface area contributed by atoms with Gasteiger partial charge in [-0.2, -0.15) is 0 Å². The molecule has 2 aromatic carbocycles. The highest BCUT2D eigenvalue weighted by Gasteiger charge is 2.32. The molecule has 0 spiro atoms. The first-order valence-electron chi connectivity index (χ1n) is 10.2. The Kier molecular flexibility index (Phi) is 6.00. The van der Waals surface area contributed by atoms with Gasteiger partial charge in [0.05, 0.1) is 11.8 Å². The molecule has 0 bridgehead atoms. The Balaban J connectivity index is 1.54. The highest BCUT2D eigenvalue weighted by Crippen LogP contribution is 2.40. The van der Waals surface area contributed by atoms with Crippen LogP contribution in [0.5, 0.6) is 0 Å². The molecule has 5 nitrogen and oxygen atoms in total. The molecule has 0 radical (unpaired) electrons. The Labute approximate surface area is 176 Å². The molecule has 0 saturated heterocycles. The molecular formula is C23H26N4OS. The van der Waals surface area contributed by atoms with Crippen LogP contribution in [0.1, 0.15) is 44.0 Å². The number of carbonyl (C=O) groups is 1. The molecule has 6 heteroatoms. The average Bonchev–Trinajstić information content (AvgIpc) is 3.53. The van der Waals surface area contributed by atoms with E-state index in [0.717, 1.165) is 23.2 Å². The molecule has 29 heavy (non-hydrogen) atoms. The third-order valence-electron chi connectivity index (χ3n) is 5.15. The lowest BCUT2D eigenvalue weighted by Crippen LogP contribution is -2.36. The third kappa shape index (κ3) is 4.53. The van der Waals surface area contributed by atoms with Crippen molar-refractivity contribution in [1.29, 1.82) is 0 Å². The Bertz CT molecular complexity index is 954. The van der Waals surface area contributed by atoms with Crippen molar-refractivity contribution >= 4 is 23.4 Å². The smallest absolute Gasteiger partial charge is 0.240 e. The Morgan fingerprint density at radius 2 is 1.76 bits per heavy atom. The maximum Gasteiger partial charge on any atom is 0.240 e. The number of rotatable bonds is 8. The van der Waals surface area contributed by atoms with Gasteiger partial charge >= 0.3 is 0 Å². The third-order valence-corrected chi connectivity index (χ3v) is 6.22. The SMILES string of the molecule is CCN(C(=O)C(C)Sc1nnc(C2CC2)n1Cc1ccccc1)c1ccccc1. The van der Waals surface area contributed by atoms with Gasteiger partial charge < -0.3 is 9.47 Å². The zero-order chi connectivity index (χ0) is 20.2. The van der Waals surface area contributed by atoms with Crippen molar-refractivity contribution in [1.82, 2.24) is 14.8 Å². The number of amides is 1. The van der Waals surface area contributed by atoms with Gasteiger partial charge in [-0.1, -0.05) is 60.3 Å². The summed E-state index contributed by atoms with van der Waals surface area (Å²) in [6, 6.07) is 20.2. The summed E-state index contributed by atoms with van der Waals surface area (Å²) in [4.78, 5) is 15.0. The molecule has 150 valence electrons. The lowest BCUT2D eigenvalue weighted by atomic mass is 10.2. The van der Waals surface area contributed by atoms with Crippen LogP contribution in [-0.2, 0) is 11.3 Å². The van der Waals surface area contributed by atoms with Crippen molar-refractivity contribution in [3.63, 3.8) is 0 Å². The van der Waals surface area contributed by atoms with Gasteiger partial charge in [0.1, 0.15) is 5.82 Å². The summed E-state index contributed by atoms with van der Waals surface area (Å²) < 4.78 is 2.19. The largest absolute Gasteiger partial charge is 0.312 e. The molecule has 0 N–H and O–H groups in total. The molecule has 1 saturated carbocycles. The second-order valence-electron chi connectivity index (χ2n) is 7.36. The van der Waals surface area contributed by atoms with E-state index in [-0.39, 0.29) is 11.2 Å². The molecule has 1 heterocycles. The number of aromatic nitrogens is 3. The number of hydrogen-bond donors (Lipinski definition) is 0. The predicted molar refractivity (Wildman–Crippen MR) is 117 cm³/mol. The Hall–Kier alpha value is -2.60. The van der Waals surface area contributed by atoms with E-state index < -0.39 is 0 Å². The lowest BCUT2D eigenvalue weighted by molar-refractivity contribution is -0.117. The predicted octanol–water partition coefficient (Wildman–Crippen LogP) is 4.74. The van der Waals surface area contributed by atoms with Crippen LogP contribution in [0.3, 0.4) is 0 Å². The summed E-state index contributed by atoms with van der Waals surface area (Å²) in [7, 11) is 0. The second kappa shape index (κ2) is 8.82. The van der Waals surface area contributed by atoms with Gasteiger partial charge in [-0.15, -0.1) is 10.2 Å². The number of carbonyl (C=O) groups excluding carboxylic acids is 1. The van der Waals surface area contributed by atoms with Crippen LogP contribution >= 0.6 is 11.8 Å². The Morgan fingerprint density at radius 1 is 1.10 bits per heavy atom. The summed E-state index contributed by atoms with van der Waals surface area (Å²) in [5.74, 6) is 1.64. The number of para-hydroxylation sites is 1. The summed E-state index contributed by atoms with van der Waals surface area (Å²) in [5, 5.41) is 9.51. The minimum atomic E-state index is -0.249. The van der Waals surface area contributed by atoms with Gasteiger partial charge in [-0.25, -0.2) is 0 Å². The molecule has 1 aromatic heterocycles. The van der Waals surface area contributed by atoms with Crippen LogP contribution in [0, 0.1) is 0 Å². The van der Waals surface area contributed by atoms with Crippen molar-refractivity contribution in [3.05, 3.63) is 72.1 Å². The van der Waals surface area contributed by atoms with E-state index in [4.69, 9.17) is 0 Å². The fourth-order valence-electron chi connectivity index (χ4n) is 3.45. The Morgan fingerprint density at radius 3 is 2.38 bits per heavy atom. The first kappa shape index (κ1) is 19.7. The number of hydrogen-bond acceptors (Lipinski definition) is 4. The summed E-state index contributed by atoms with van der Waals surface area (Å²) in [6.45, 7) is 5.33. The van der Waals surface area contributed by atoms with E-state index in [0.29, 0.717) is 12.5 Å². The maximum atomic E-state index is 13.1. The van der Waals surface area contributed by atoms with Gasteiger partial charge in [0.25, 0.3) is 0 Å². The molecule has 1 aliphatic carbocycles. The van der Waals surface area contributed by atoms with Gasteiger partial charge in [0, 0.05) is 18.2 Å². The molecule has 1 atom stereocenters. The fraction of sp³-hybridized carbons (Fsp3) is 0.348. The maximum absolute atomic E-state index is 13.1. The van der Waals surface area contributed by atoms with Gasteiger partial charge in [-0.05, 0) is 44.4 Å². The number of benzene rings is 2. The monoisotopic (exact) mass is 406 g/mol. The van der Waals surface area contributed by atoms with E-state index >= 15 is 0 Å². The quantitative estimate of drug-likeness (QED) is 0.507. The lowest BCUT2D eigenvalue weighted by Gasteiger charge is -2.24. The summed E-state index contributed by atoms with van der Waals surface area (Å²) >= 11 is 1.50. The molecular weight excluding hydrogens is 380 g/mol. The van der Waals surface area contributed by atoms with Crippen molar-refractivity contribution in [2.24, 2.45) is 0 Å². The molecule has 1 aliphatic rings. The zero-order valence-corrected chi connectivity index (χ0v) is 17.7. The number of thioether (sulfide) groups is 1. The van der Waals surface area contributed by atoms with Crippen molar-refractivity contribution < 1.29 is 4.79 Å².